The second-order valence-electron chi connectivity index (χ2n) is 5.02. The third kappa shape index (κ3) is 3.18. The number of likely N-dealkylation sites (N-methyl/N-ethyl adjacent to an activating group) is 1. The van der Waals surface area contributed by atoms with Gasteiger partial charge in [0.05, 0.1) is 13.2 Å². The lowest BCUT2D eigenvalue weighted by Crippen LogP contribution is -2.47. The Morgan fingerprint density at radius 3 is 2.53 bits per heavy atom. The topological polar surface area (TPSA) is 62.0 Å². The van der Waals surface area contributed by atoms with Gasteiger partial charge in [-0.3, -0.25) is 4.90 Å². The Labute approximate surface area is 114 Å². The molecule has 1 aliphatic heterocycles. The highest BCUT2D eigenvalue weighted by Crippen LogP contribution is 2.31. The van der Waals surface area contributed by atoms with Crippen molar-refractivity contribution in [1.29, 1.82) is 0 Å². The van der Waals surface area contributed by atoms with Crippen molar-refractivity contribution in [3.8, 4) is 11.5 Å². The number of nitrogens with zero attached hydrogens (tertiary/aromatic N) is 2. The lowest BCUT2D eigenvalue weighted by atomic mass is 10.0. The molecule has 3 N–H and O–H groups in total. The number of piperazine rings is 1. The van der Waals surface area contributed by atoms with E-state index >= 15 is 0 Å². The van der Waals surface area contributed by atoms with Crippen LogP contribution in [0.1, 0.15) is 11.6 Å². The average Bonchev–Trinajstić information content (AvgIpc) is 2.43. The molecule has 0 aromatic heterocycles. The second kappa shape index (κ2) is 6.23. The molecule has 1 aromatic rings. The van der Waals surface area contributed by atoms with Crippen LogP contribution in [-0.2, 0) is 0 Å². The Morgan fingerprint density at radius 2 is 2.00 bits per heavy atom. The number of ether oxygens (including phenoxy) is 1. The molecule has 19 heavy (non-hydrogen) atoms. The number of hydrogen-bond donors (Lipinski definition) is 2. The minimum absolute atomic E-state index is 0.0691. The van der Waals surface area contributed by atoms with E-state index in [1.165, 1.54) is 0 Å². The molecule has 1 unspecified atom stereocenters. The van der Waals surface area contributed by atoms with Gasteiger partial charge in [-0.2, -0.15) is 0 Å². The Hall–Kier alpha value is -1.30. The first-order valence-corrected chi connectivity index (χ1v) is 6.65. The van der Waals surface area contributed by atoms with Gasteiger partial charge in [-0.15, -0.1) is 0 Å². The van der Waals surface area contributed by atoms with Crippen LogP contribution >= 0.6 is 0 Å². The van der Waals surface area contributed by atoms with Crippen LogP contribution in [-0.4, -0.2) is 61.8 Å². The molecule has 1 aromatic carbocycles. The minimum Gasteiger partial charge on any atom is -0.507 e. The van der Waals surface area contributed by atoms with Crippen LogP contribution in [0.2, 0.25) is 0 Å². The monoisotopic (exact) mass is 265 g/mol. The summed E-state index contributed by atoms with van der Waals surface area (Å²) in [5, 5.41) is 10.1. The summed E-state index contributed by atoms with van der Waals surface area (Å²) >= 11 is 0. The maximum Gasteiger partial charge on any atom is 0.124 e. The van der Waals surface area contributed by atoms with Gasteiger partial charge in [-0.1, -0.05) is 6.07 Å². The molecular weight excluding hydrogens is 242 g/mol. The van der Waals surface area contributed by atoms with Crippen molar-refractivity contribution < 1.29 is 9.84 Å². The molecule has 0 radical (unpaired) electrons. The SMILES string of the molecule is COc1ccc(C(CN)N2CCN(C)CC2)c(O)c1. The van der Waals surface area contributed by atoms with E-state index in [9.17, 15) is 5.11 Å². The highest BCUT2D eigenvalue weighted by molar-refractivity contribution is 5.41. The number of nitrogens with two attached hydrogens (primary N) is 1. The van der Waals surface area contributed by atoms with Crippen molar-refractivity contribution in [3.05, 3.63) is 23.8 Å². The normalized spacial score (nSPS) is 19.3. The van der Waals surface area contributed by atoms with E-state index in [0.29, 0.717) is 12.3 Å². The smallest absolute Gasteiger partial charge is 0.124 e. The second-order valence-corrected chi connectivity index (χ2v) is 5.02. The summed E-state index contributed by atoms with van der Waals surface area (Å²) in [5.74, 6) is 0.920. The molecular formula is C14H23N3O2. The lowest BCUT2D eigenvalue weighted by Gasteiger charge is -2.37. The van der Waals surface area contributed by atoms with Crippen molar-refractivity contribution >= 4 is 0 Å². The molecule has 5 heteroatoms. The van der Waals surface area contributed by atoms with Gasteiger partial charge in [0.1, 0.15) is 11.5 Å². The van der Waals surface area contributed by atoms with Gasteiger partial charge >= 0.3 is 0 Å². The molecule has 1 aliphatic rings. The summed E-state index contributed by atoms with van der Waals surface area (Å²) < 4.78 is 5.11. The molecule has 5 nitrogen and oxygen atoms in total. The zero-order chi connectivity index (χ0) is 13.8. The number of rotatable bonds is 4. The van der Waals surface area contributed by atoms with E-state index in [1.807, 2.05) is 12.1 Å². The summed E-state index contributed by atoms with van der Waals surface area (Å²) in [6.45, 7) is 4.53. The highest BCUT2D eigenvalue weighted by atomic mass is 16.5. The number of phenols is 1. The zero-order valence-electron chi connectivity index (χ0n) is 11.7. The summed E-state index contributed by atoms with van der Waals surface area (Å²) in [6, 6.07) is 5.49. The van der Waals surface area contributed by atoms with Gasteiger partial charge in [0.15, 0.2) is 0 Å². The zero-order valence-corrected chi connectivity index (χ0v) is 11.7. The number of hydrogen-bond acceptors (Lipinski definition) is 5. The van der Waals surface area contributed by atoms with E-state index in [0.717, 1.165) is 31.7 Å². The molecule has 106 valence electrons. The fourth-order valence-electron chi connectivity index (χ4n) is 2.54. The molecule has 0 aliphatic carbocycles. The van der Waals surface area contributed by atoms with E-state index in [-0.39, 0.29) is 11.8 Å². The summed E-state index contributed by atoms with van der Waals surface area (Å²) in [5.41, 5.74) is 6.79. The average molecular weight is 265 g/mol. The van der Waals surface area contributed by atoms with Crippen LogP contribution in [0, 0.1) is 0 Å². The summed E-state index contributed by atoms with van der Waals surface area (Å²) in [4.78, 5) is 4.64. The molecule has 1 saturated heterocycles. The largest absolute Gasteiger partial charge is 0.507 e. The van der Waals surface area contributed by atoms with Gasteiger partial charge in [-0.05, 0) is 13.1 Å². The highest BCUT2D eigenvalue weighted by Gasteiger charge is 2.24. The van der Waals surface area contributed by atoms with Crippen LogP contribution in [0.4, 0.5) is 0 Å². The first kappa shape index (κ1) is 14.1. The van der Waals surface area contributed by atoms with Gasteiger partial charge in [-0.25, -0.2) is 0 Å². The van der Waals surface area contributed by atoms with Crippen molar-refractivity contribution in [1.82, 2.24) is 9.80 Å². The van der Waals surface area contributed by atoms with Gasteiger partial charge in [0, 0.05) is 44.4 Å². The first-order chi connectivity index (χ1) is 9.15. The fourth-order valence-corrected chi connectivity index (χ4v) is 2.54. The van der Waals surface area contributed by atoms with Crippen LogP contribution < -0.4 is 10.5 Å². The Balaban J connectivity index is 2.17. The summed E-state index contributed by atoms with van der Waals surface area (Å²) in [7, 11) is 3.72. The van der Waals surface area contributed by atoms with Crippen molar-refractivity contribution in [2.45, 2.75) is 6.04 Å². The van der Waals surface area contributed by atoms with Gasteiger partial charge in [0.2, 0.25) is 0 Å². The van der Waals surface area contributed by atoms with E-state index in [2.05, 4.69) is 16.8 Å². The molecule has 0 saturated carbocycles. The van der Waals surface area contributed by atoms with E-state index in [4.69, 9.17) is 10.5 Å². The lowest BCUT2D eigenvalue weighted by molar-refractivity contribution is 0.113. The molecule has 1 heterocycles. The number of methoxy groups -OCH3 is 1. The van der Waals surface area contributed by atoms with E-state index < -0.39 is 0 Å². The maximum atomic E-state index is 10.1. The maximum absolute atomic E-state index is 10.1. The number of benzene rings is 1. The predicted octanol–water partition coefficient (Wildman–Crippen LogP) is 0.648. The third-order valence-electron chi connectivity index (χ3n) is 3.80. The molecule has 1 atom stereocenters. The fraction of sp³-hybridized carbons (Fsp3) is 0.571. The number of phenolic OH excluding ortho intramolecular Hbond substituents is 1. The molecule has 1 fully saturated rings. The number of aromatic hydroxyl groups is 1. The predicted molar refractivity (Wildman–Crippen MR) is 75.5 cm³/mol. The molecule has 0 spiro atoms. The van der Waals surface area contributed by atoms with Gasteiger partial charge in [0.25, 0.3) is 0 Å². The van der Waals surface area contributed by atoms with Crippen molar-refractivity contribution in [2.75, 3.05) is 46.9 Å². The standard InChI is InChI=1S/C14H23N3O2/c1-16-5-7-17(8-6-16)13(10-15)12-4-3-11(19-2)9-14(12)18/h3-4,9,13,18H,5-8,10,15H2,1-2H3. The minimum atomic E-state index is 0.0691. The van der Waals surface area contributed by atoms with E-state index in [1.54, 1.807) is 13.2 Å². The van der Waals surface area contributed by atoms with Crippen LogP contribution in [0.3, 0.4) is 0 Å². The molecule has 0 bridgehead atoms. The third-order valence-corrected chi connectivity index (χ3v) is 3.80. The van der Waals surface area contributed by atoms with Crippen LogP contribution in [0.15, 0.2) is 18.2 Å². The Kier molecular flexibility index (Phi) is 4.63. The van der Waals surface area contributed by atoms with Crippen molar-refractivity contribution in [2.24, 2.45) is 5.73 Å². The molecule has 2 rings (SSSR count). The Morgan fingerprint density at radius 1 is 1.32 bits per heavy atom. The quantitative estimate of drug-likeness (QED) is 0.837. The molecule has 0 amide bonds. The first-order valence-electron chi connectivity index (χ1n) is 6.65. The van der Waals surface area contributed by atoms with Crippen molar-refractivity contribution in [3.63, 3.8) is 0 Å². The van der Waals surface area contributed by atoms with Crippen LogP contribution in [0.5, 0.6) is 11.5 Å². The summed E-state index contributed by atoms with van der Waals surface area (Å²) in [6.07, 6.45) is 0. The Bertz CT molecular complexity index is 417. The van der Waals surface area contributed by atoms with Gasteiger partial charge < -0.3 is 20.5 Å². The van der Waals surface area contributed by atoms with Crippen LogP contribution in [0.25, 0.3) is 0 Å².